The number of alkyl halides is 3. The monoisotopic (exact) mass is 608 g/mol. The maximum absolute atomic E-state index is 13.0. The molecule has 4 aromatic rings. The van der Waals surface area contributed by atoms with Gasteiger partial charge in [-0.1, -0.05) is 48.5 Å². The van der Waals surface area contributed by atoms with Crippen LogP contribution in [0.15, 0.2) is 79.1 Å². The number of amides is 2. The van der Waals surface area contributed by atoms with Crippen molar-refractivity contribution in [1.29, 1.82) is 0 Å². The number of hydrogen-bond acceptors (Lipinski definition) is 6. The van der Waals surface area contributed by atoms with Crippen LogP contribution in [0.4, 0.5) is 18.9 Å². The molecule has 0 bridgehead atoms. The van der Waals surface area contributed by atoms with Gasteiger partial charge in [0, 0.05) is 24.2 Å². The number of carbonyl (C=O) groups is 2. The van der Waals surface area contributed by atoms with E-state index in [0.29, 0.717) is 35.5 Å². The molecule has 6 rings (SSSR count). The fourth-order valence-corrected chi connectivity index (χ4v) is 5.80. The summed E-state index contributed by atoms with van der Waals surface area (Å²) in [7, 11) is 0. The molecular formula is C32H31F3N4O5. The summed E-state index contributed by atoms with van der Waals surface area (Å²) in [5.74, 6) is -2.67. The molecule has 2 N–H and O–H groups in total. The summed E-state index contributed by atoms with van der Waals surface area (Å²) in [6.07, 6.45) is -3.50. The van der Waals surface area contributed by atoms with Crippen LogP contribution in [0, 0.1) is 0 Å². The van der Waals surface area contributed by atoms with E-state index in [1.807, 2.05) is 53.1 Å². The molecule has 4 atom stereocenters. The zero-order valence-electron chi connectivity index (χ0n) is 23.6. The van der Waals surface area contributed by atoms with E-state index >= 15 is 0 Å². The summed E-state index contributed by atoms with van der Waals surface area (Å²) in [4.78, 5) is 29.7. The lowest BCUT2D eigenvalue weighted by Gasteiger charge is -2.36. The molecule has 2 aliphatic heterocycles. The third-order valence-electron chi connectivity index (χ3n) is 8.05. The number of halogens is 3. The molecule has 44 heavy (non-hydrogen) atoms. The van der Waals surface area contributed by atoms with Gasteiger partial charge in [-0.25, -0.2) is 4.98 Å². The summed E-state index contributed by atoms with van der Waals surface area (Å²) < 4.78 is 53.8. The molecule has 4 unspecified atom stereocenters. The second-order valence-electron chi connectivity index (χ2n) is 11.0. The van der Waals surface area contributed by atoms with Gasteiger partial charge in [0.25, 0.3) is 0 Å². The van der Waals surface area contributed by atoms with Gasteiger partial charge in [-0.2, -0.15) is 13.2 Å². The Kier molecular flexibility index (Phi) is 8.39. The molecule has 2 amide bonds. The highest BCUT2D eigenvalue weighted by Crippen LogP contribution is 2.39. The van der Waals surface area contributed by atoms with Gasteiger partial charge < -0.3 is 29.4 Å². The number of aliphatic hydroxyl groups is 1. The number of likely N-dealkylation sites (tertiary alicyclic amines) is 1. The predicted octanol–water partition coefficient (Wildman–Crippen LogP) is 5.27. The number of carbonyl (C=O) groups excluding carboxylic acids is 2. The Hall–Kier alpha value is -4.26. The SMILES string of the molecule is O=C(Nc1ccc(C2OC(Cn3cnc4ccccc43)CC(c3ccc(CO)cc3)O2)cc1)C1CCCN1C(=O)C(F)(F)F. The molecular weight excluding hydrogens is 577 g/mol. The lowest BCUT2D eigenvalue weighted by molar-refractivity contribution is -0.252. The third-order valence-corrected chi connectivity index (χ3v) is 8.05. The van der Waals surface area contributed by atoms with Crippen molar-refractivity contribution in [2.75, 3.05) is 11.9 Å². The highest BCUT2D eigenvalue weighted by atomic mass is 19.4. The summed E-state index contributed by atoms with van der Waals surface area (Å²) >= 11 is 0. The molecule has 1 aromatic heterocycles. The Balaban J connectivity index is 1.19. The van der Waals surface area contributed by atoms with Crippen molar-refractivity contribution in [1.82, 2.24) is 14.5 Å². The Morgan fingerprint density at radius 2 is 1.70 bits per heavy atom. The summed E-state index contributed by atoms with van der Waals surface area (Å²) in [5, 5.41) is 12.1. The van der Waals surface area contributed by atoms with Gasteiger partial charge in [0.1, 0.15) is 6.04 Å². The number of hydrogen-bond donors (Lipinski definition) is 2. The largest absolute Gasteiger partial charge is 0.471 e. The van der Waals surface area contributed by atoms with Gasteiger partial charge in [0.2, 0.25) is 5.91 Å². The maximum Gasteiger partial charge on any atom is 0.471 e. The van der Waals surface area contributed by atoms with Crippen molar-refractivity contribution in [2.24, 2.45) is 0 Å². The smallest absolute Gasteiger partial charge is 0.392 e. The van der Waals surface area contributed by atoms with E-state index in [9.17, 15) is 27.9 Å². The molecule has 2 fully saturated rings. The summed E-state index contributed by atoms with van der Waals surface area (Å²) in [6.45, 7) is 0.355. The number of para-hydroxylation sites is 2. The first kappa shape index (κ1) is 29.8. The van der Waals surface area contributed by atoms with E-state index < -0.39 is 30.3 Å². The second kappa shape index (κ2) is 12.4. The van der Waals surface area contributed by atoms with E-state index in [1.54, 1.807) is 30.6 Å². The third kappa shape index (κ3) is 6.33. The normalized spacial score (nSPS) is 22.3. The van der Waals surface area contributed by atoms with Crippen LogP contribution in [-0.2, 0) is 32.2 Å². The first-order valence-electron chi connectivity index (χ1n) is 14.4. The van der Waals surface area contributed by atoms with Crippen LogP contribution in [-0.4, -0.2) is 56.2 Å². The predicted molar refractivity (Wildman–Crippen MR) is 154 cm³/mol. The van der Waals surface area contributed by atoms with E-state index in [2.05, 4.69) is 10.3 Å². The number of nitrogens with zero attached hydrogens (tertiary/aromatic N) is 3. The number of fused-ring (bicyclic) bond motifs is 1. The van der Waals surface area contributed by atoms with Gasteiger partial charge in [0.05, 0.1) is 42.7 Å². The van der Waals surface area contributed by atoms with Crippen molar-refractivity contribution in [2.45, 2.75) is 63.1 Å². The van der Waals surface area contributed by atoms with E-state index in [-0.39, 0.29) is 31.8 Å². The van der Waals surface area contributed by atoms with Gasteiger partial charge in [-0.05, 0) is 48.2 Å². The minimum absolute atomic E-state index is 0.0613. The van der Waals surface area contributed by atoms with Crippen molar-refractivity contribution < 1.29 is 37.3 Å². The molecule has 12 heteroatoms. The number of ether oxygens (including phenoxy) is 2. The minimum atomic E-state index is -5.04. The molecule has 3 aromatic carbocycles. The van der Waals surface area contributed by atoms with Crippen LogP contribution in [0.3, 0.4) is 0 Å². The van der Waals surface area contributed by atoms with Gasteiger partial charge in [0.15, 0.2) is 6.29 Å². The van der Waals surface area contributed by atoms with E-state index in [1.165, 1.54) is 0 Å². The Morgan fingerprint density at radius 1 is 0.977 bits per heavy atom. The number of benzene rings is 3. The average molecular weight is 609 g/mol. The lowest BCUT2D eigenvalue weighted by atomic mass is 10.00. The number of anilines is 1. The van der Waals surface area contributed by atoms with Gasteiger partial charge in [-0.3, -0.25) is 9.59 Å². The molecule has 230 valence electrons. The first-order valence-corrected chi connectivity index (χ1v) is 14.4. The zero-order chi connectivity index (χ0) is 30.8. The number of nitrogens with one attached hydrogen (secondary N) is 1. The van der Waals surface area contributed by atoms with E-state index in [4.69, 9.17) is 9.47 Å². The Morgan fingerprint density at radius 3 is 2.43 bits per heavy atom. The summed E-state index contributed by atoms with van der Waals surface area (Å²) in [5.41, 5.74) is 4.66. The van der Waals surface area contributed by atoms with Gasteiger partial charge >= 0.3 is 12.1 Å². The van der Waals surface area contributed by atoms with Crippen LogP contribution in [0.5, 0.6) is 0 Å². The second-order valence-corrected chi connectivity index (χ2v) is 11.0. The molecule has 0 radical (unpaired) electrons. The topological polar surface area (TPSA) is 106 Å². The van der Waals surface area contributed by atoms with Crippen molar-refractivity contribution in [3.05, 3.63) is 95.8 Å². The number of aliphatic hydroxyl groups excluding tert-OH is 1. The zero-order valence-corrected chi connectivity index (χ0v) is 23.6. The standard InChI is InChI=1S/C32H31F3N4O5/c33-32(34,35)31(42)39-15-3-6-27(39)29(41)37-23-13-11-22(12-14-23)30-43-24(17-38-19-36-25-4-1-2-5-26(25)38)16-28(44-30)21-9-7-20(18-40)8-10-21/h1-2,4-5,7-14,19,24,27-28,30,40H,3,6,15-18H2,(H,37,41). The Bertz CT molecular complexity index is 1620. The highest BCUT2D eigenvalue weighted by molar-refractivity contribution is 5.98. The van der Waals surface area contributed by atoms with Crippen molar-refractivity contribution in [3.8, 4) is 0 Å². The van der Waals surface area contributed by atoms with Crippen LogP contribution >= 0.6 is 0 Å². The quantitative estimate of drug-likeness (QED) is 0.296. The van der Waals surface area contributed by atoms with Gasteiger partial charge in [-0.15, -0.1) is 0 Å². The fraction of sp³-hybridized carbons (Fsp3) is 0.344. The molecule has 0 saturated carbocycles. The molecule has 2 aliphatic rings. The molecule has 3 heterocycles. The lowest BCUT2D eigenvalue weighted by Crippen LogP contribution is -2.48. The Labute approximate surface area is 251 Å². The van der Waals surface area contributed by atoms with Crippen LogP contribution < -0.4 is 5.32 Å². The maximum atomic E-state index is 13.0. The summed E-state index contributed by atoms with van der Waals surface area (Å²) in [6, 6.07) is 20.9. The number of imidazole rings is 1. The first-order chi connectivity index (χ1) is 21.2. The average Bonchev–Trinajstić information content (AvgIpc) is 3.68. The van der Waals surface area contributed by atoms with Crippen LogP contribution in [0.1, 0.15) is 48.3 Å². The van der Waals surface area contributed by atoms with Crippen molar-refractivity contribution in [3.63, 3.8) is 0 Å². The molecule has 9 nitrogen and oxygen atoms in total. The van der Waals surface area contributed by atoms with Crippen LogP contribution in [0.2, 0.25) is 0 Å². The highest BCUT2D eigenvalue weighted by Gasteiger charge is 2.47. The molecule has 0 aliphatic carbocycles. The number of aromatic nitrogens is 2. The molecule has 0 spiro atoms. The van der Waals surface area contributed by atoms with E-state index in [0.717, 1.165) is 22.2 Å². The minimum Gasteiger partial charge on any atom is -0.392 e. The van der Waals surface area contributed by atoms with Crippen molar-refractivity contribution >= 4 is 28.5 Å². The molecule has 2 saturated heterocycles. The fourth-order valence-electron chi connectivity index (χ4n) is 5.80. The van der Waals surface area contributed by atoms with Crippen LogP contribution in [0.25, 0.3) is 11.0 Å². The number of rotatable bonds is 7.